The van der Waals surface area contributed by atoms with Crippen LogP contribution in [-0.4, -0.2) is 49.6 Å². The van der Waals surface area contributed by atoms with Gasteiger partial charge in [-0.15, -0.1) is 0 Å². The van der Waals surface area contributed by atoms with Crippen LogP contribution in [0.5, 0.6) is 0 Å². The minimum Gasteiger partial charge on any atom is -0.354 e. The highest BCUT2D eigenvalue weighted by Crippen LogP contribution is 2.30. The van der Waals surface area contributed by atoms with Crippen molar-refractivity contribution in [2.75, 3.05) is 32.7 Å². The quantitative estimate of drug-likeness (QED) is 0.780. The Morgan fingerprint density at radius 1 is 1.39 bits per heavy atom. The second-order valence-electron chi connectivity index (χ2n) is 5.88. The molecule has 2 N–H and O–H groups in total. The van der Waals surface area contributed by atoms with Gasteiger partial charge in [-0.05, 0) is 25.2 Å². The molecule has 3 unspecified atom stereocenters. The first-order chi connectivity index (χ1) is 8.68. The molecule has 1 amide bonds. The van der Waals surface area contributed by atoms with Gasteiger partial charge in [-0.1, -0.05) is 19.8 Å². The Morgan fingerprint density at radius 2 is 2.11 bits per heavy atom. The lowest BCUT2D eigenvalue weighted by atomic mass is 9.98. The zero-order valence-electron chi connectivity index (χ0n) is 11.7. The van der Waals surface area contributed by atoms with Gasteiger partial charge in [0.2, 0.25) is 5.91 Å². The summed E-state index contributed by atoms with van der Waals surface area (Å²) in [5.41, 5.74) is 0. The van der Waals surface area contributed by atoms with Crippen LogP contribution in [0, 0.1) is 11.8 Å². The molecule has 0 aromatic heterocycles. The molecule has 0 spiro atoms. The molecule has 0 bridgehead atoms. The minimum atomic E-state index is 0.0174. The Hall–Kier alpha value is -0.610. The Balaban J connectivity index is 1.73. The van der Waals surface area contributed by atoms with E-state index in [1.807, 2.05) is 6.92 Å². The number of nitrogens with one attached hydrogen (secondary N) is 2. The van der Waals surface area contributed by atoms with Crippen LogP contribution in [0.4, 0.5) is 0 Å². The molecule has 2 rings (SSSR count). The summed E-state index contributed by atoms with van der Waals surface area (Å²) in [6.45, 7) is 9.16. The van der Waals surface area contributed by atoms with Crippen molar-refractivity contribution in [1.82, 2.24) is 15.5 Å². The van der Waals surface area contributed by atoms with E-state index in [9.17, 15) is 4.79 Å². The van der Waals surface area contributed by atoms with Crippen molar-refractivity contribution in [2.24, 2.45) is 11.8 Å². The molecule has 1 aliphatic heterocycles. The van der Waals surface area contributed by atoms with Gasteiger partial charge in [-0.2, -0.15) is 0 Å². The van der Waals surface area contributed by atoms with Crippen molar-refractivity contribution < 1.29 is 4.79 Å². The minimum absolute atomic E-state index is 0.0174. The first-order valence-electron chi connectivity index (χ1n) is 7.41. The summed E-state index contributed by atoms with van der Waals surface area (Å²) in [5.74, 6) is 1.68. The van der Waals surface area contributed by atoms with Gasteiger partial charge in [0.05, 0.1) is 6.04 Å². The first-order valence-corrected chi connectivity index (χ1v) is 7.41. The van der Waals surface area contributed by atoms with Crippen LogP contribution in [0.2, 0.25) is 0 Å². The number of rotatable bonds is 4. The molecule has 0 radical (unpaired) electrons. The maximum Gasteiger partial charge on any atom is 0.237 e. The van der Waals surface area contributed by atoms with Gasteiger partial charge in [-0.25, -0.2) is 0 Å². The number of piperazine rings is 1. The fourth-order valence-corrected chi connectivity index (χ4v) is 3.14. The highest BCUT2D eigenvalue weighted by Gasteiger charge is 2.26. The lowest BCUT2D eigenvalue weighted by Gasteiger charge is -2.32. The first kappa shape index (κ1) is 13.8. The largest absolute Gasteiger partial charge is 0.354 e. The Bertz CT molecular complexity index is 276. The van der Waals surface area contributed by atoms with Crippen LogP contribution in [0.1, 0.15) is 33.1 Å². The second kappa shape index (κ2) is 6.53. The number of carbonyl (C=O) groups is 1. The van der Waals surface area contributed by atoms with Gasteiger partial charge in [0.15, 0.2) is 0 Å². The fraction of sp³-hybridized carbons (Fsp3) is 0.929. The summed E-state index contributed by atoms with van der Waals surface area (Å²) < 4.78 is 0. The van der Waals surface area contributed by atoms with Crippen LogP contribution >= 0.6 is 0 Å². The molecular formula is C14H27N3O. The predicted molar refractivity (Wildman–Crippen MR) is 73.4 cm³/mol. The molecule has 1 heterocycles. The number of hydrogen-bond acceptors (Lipinski definition) is 3. The van der Waals surface area contributed by atoms with Crippen LogP contribution in [-0.2, 0) is 4.79 Å². The van der Waals surface area contributed by atoms with E-state index < -0.39 is 0 Å². The number of amides is 1. The summed E-state index contributed by atoms with van der Waals surface area (Å²) in [7, 11) is 0. The molecule has 104 valence electrons. The molecule has 0 aromatic rings. The summed E-state index contributed by atoms with van der Waals surface area (Å²) in [6, 6.07) is 0.0174. The molecule has 4 heteroatoms. The van der Waals surface area contributed by atoms with E-state index >= 15 is 0 Å². The maximum absolute atomic E-state index is 12.1. The van der Waals surface area contributed by atoms with Crippen LogP contribution in [0.3, 0.4) is 0 Å². The Morgan fingerprint density at radius 3 is 2.72 bits per heavy atom. The molecule has 1 saturated heterocycles. The molecule has 0 aromatic carbocycles. The number of hydrogen-bond donors (Lipinski definition) is 2. The monoisotopic (exact) mass is 253 g/mol. The van der Waals surface area contributed by atoms with E-state index in [-0.39, 0.29) is 11.9 Å². The average Bonchev–Trinajstić information content (AvgIpc) is 2.81. The van der Waals surface area contributed by atoms with Crippen LogP contribution in [0.25, 0.3) is 0 Å². The summed E-state index contributed by atoms with van der Waals surface area (Å²) in [4.78, 5) is 14.4. The normalized spacial score (nSPS) is 31.2. The smallest absolute Gasteiger partial charge is 0.237 e. The van der Waals surface area contributed by atoms with Crippen LogP contribution in [0.15, 0.2) is 0 Å². The highest BCUT2D eigenvalue weighted by atomic mass is 16.2. The van der Waals surface area contributed by atoms with Gasteiger partial charge >= 0.3 is 0 Å². The van der Waals surface area contributed by atoms with Gasteiger partial charge in [0, 0.05) is 32.7 Å². The summed E-state index contributed by atoms with van der Waals surface area (Å²) in [6.07, 6.45) is 3.94. The molecule has 18 heavy (non-hydrogen) atoms. The topological polar surface area (TPSA) is 44.4 Å². The zero-order valence-corrected chi connectivity index (χ0v) is 11.7. The molecule has 1 saturated carbocycles. The number of carbonyl (C=O) groups excluding carboxylic acids is 1. The van der Waals surface area contributed by atoms with Gasteiger partial charge in [0.1, 0.15) is 0 Å². The summed E-state index contributed by atoms with van der Waals surface area (Å²) >= 11 is 0. The van der Waals surface area contributed by atoms with Crippen molar-refractivity contribution in [3.63, 3.8) is 0 Å². The number of nitrogens with zero attached hydrogens (tertiary/aromatic N) is 1. The van der Waals surface area contributed by atoms with Crippen molar-refractivity contribution in [1.29, 1.82) is 0 Å². The van der Waals surface area contributed by atoms with E-state index in [1.165, 1.54) is 19.3 Å². The highest BCUT2D eigenvalue weighted by molar-refractivity contribution is 5.81. The molecule has 1 aliphatic carbocycles. The summed E-state index contributed by atoms with van der Waals surface area (Å²) in [5, 5.41) is 6.47. The molecule has 2 aliphatic rings. The van der Waals surface area contributed by atoms with E-state index in [4.69, 9.17) is 0 Å². The second-order valence-corrected chi connectivity index (χ2v) is 5.88. The molecule has 2 fully saturated rings. The lowest BCUT2D eigenvalue weighted by molar-refractivity contribution is -0.126. The van der Waals surface area contributed by atoms with E-state index in [1.54, 1.807) is 0 Å². The van der Waals surface area contributed by atoms with Gasteiger partial charge < -0.3 is 10.6 Å². The average molecular weight is 253 g/mol. The molecule has 3 atom stereocenters. The van der Waals surface area contributed by atoms with Gasteiger partial charge in [-0.3, -0.25) is 9.69 Å². The van der Waals surface area contributed by atoms with Gasteiger partial charge in [0.25, 0.3) is 0 Å². The van der Waals surface area contributed by atoms with Crippen molar-refractivity contribution in [2.45, 2.75) is 39.2 Å². The fourth-order valence-electron chi connectivity index (χ4n) is 3.14. The van der Waals surface area contributed by atoms with E-state index in [2.05, 4.69) is 22.5 Å². The van der Waals surface area contributed by atoms with Crippen molar-refractivity contribution >= 4 is 5.91 Å². The van der Waals surface area contributed by atoms with E-state index in [0.717, 1.165) is 38.6 Å². The van der Waals surface area contributed by atoms with Crippen LogP contribution < -0.4 is 10.6 Å². The molecule has 4 nitrogen and oxygen atoms in total. The zero-order chi connectivity index (χ0) is 13.0. The standard InChI is InChI=1S/C14H27N3O/c1-11-4-3-5-13(11)10-16-14(18)12(2)17-8-6-15-7-9-17/h11-13,15H,3-10H2,1-2H3,(H,16,18). The Labute approximate surface area is 110 Å². The predicted octanol–water partition coefficient (Wildman–Crippen LogP) is 0.833. The van der Waals surface area contributed by atoms with Crippen molar-refractivity contribution in [3.8, 4) is 0 Å². The van der Waals surface area contributed by atoms with Crippen molar-refractivity contribution in [3.05, 3.63) is 0 Å². The third kappa shape index (κ3) is 3.45. The maximum atomic E-state index is 12.1. The van der Waals surface area contributed by atoms with E-state index in [0.29, 0.717) is 5.92 Å². The third-order valence-electron chi connectivity index (χ3n) is 4.66. The Kier molecular flexibility index (Phi) is 5.01. The lowest BCUT2D eigenvalue weighted by Crippen LogP contribution is -2.53. The SMILES string of the molecule is CC1CCCC1CNC(=O)C(C)N1CCNCC1. The molecular weight excluding hydrogens is 226 g/mol. The third-order valence-corrected chi connectivity index (χ3v) is 4.66.